The molecular formula is C18H17N5O2. The Kier molecular flexibility index (Phi) is 3.89. The van der Waals surface area contributed by atoms with Crippen molar-refractivity contribution in [1.82, 2.24) is 19.3 Å². The number of rotatable bonds is 3. The minimum atomic E-state index is -0.132. The van der Waals surface area contributed by atoms with Gasteiger partial charge < -0.3 is 10.2 Å². The van der Waals surface area contributed by atoms with Crippen LogP contribution in [0.3, 0.4) is 0 Å². The molecule has 4 rings (SSSR count). The van der Waals surface area contributed by atoms with E-state index in [2.05, 4.69) is 15.3 Å². The molecule has 1 saturated heterocycles. The van der Waals surface area contributed by atoms with Crippen molar-refractivity contribution in [3.8, 4) is 0 Å². The number of nitrogens with zero attached hydrogens (tertiary/aromatic N) is 4. The van der Waals surface area contributed by atoms with Gasteiger partial charge in [-0.1, -0.05) is 12.1 Å². The van der Waals surface area contributed by atoms with Crippen LogP contribution in [-0.4, -0.2) is 44.3 Å². The molecule has 1 N–H and O–H groups in total. The van der Waals surface area contributed by atoms with E-state index < -0.39 is 0 Å². The van der Waals surface area contributed by atoms with E-state index >= 15 is 0 Å². The molecular weight excluding hydrogens is 318 g/mol. The van der Waals surface area contributed by atoms with Crippen molar-refractivity contribution < 1.29 is 4.79 Å². The van der Waals surface area contributed by atoms with Gasteiger partial charge in [0.25, 0.3) is 11.5 Å². The van der Waals surface area contributed by atoms with Crippen molar-refractivity contribution in [1.29, 1.82) is 0 Å². The highest BCUT2D eigenvalue weighted by Gasteiger charge is 2.27. The molecule has 3 aromatic heterocycles. The molecule has 0 bridgehead atoms. The molecule has 126 valence electrons. The van der Waals surface area contributed by atoms with E-state index in [0.717, 1.165) is 6.42 Å². The molecule has 0 aliphatic carbocycles. The Morgan fingerprint density at radius 2 is 2.08 bits per heavy atom. The maximum atomic E-state index is 12.4. The zero-order valence-corrected chi connectivity index (χ0v) is 13.5. The van der Waals surface area contributed by atoms with E-state index in [1.807, 2.05) is 6.07 Å². The molecule has 1 amide bonds. The van der Waals surface area contributed by atoms with Gasteiger partial charge in [-0.3, -0.25) is 19.0 Å². The summed E-state index contributed by atoms with van der Waals surface area (Å²) < 4.78 is 1.50. The molecule has 1 aliphatic rings. The monoisotopic (exact) mass is 335 g/mol. The van der Waals surface area contributed by atoms with Crippen LogP contribution in [-0.2, 0) is 0 Å². The van der Waals surface area contributed by atoms with E-state index in [1.54, 1.807) is 47.6 Å². The third kappa shape index (κ3) is 3.08. The van der Waals surface area contributed by atoms with Gasteiger partial charge in [-0.05, 0) is 30.7 Å². The van der Waals surface area contributed by atoms with Crippen LogP contribution in [0.2, 0.25) is 0 Å². The van der Waals surface area contributed by atoms with Crippen molar-refractivity contribution in [2.45, 2.75) is 12.5 Å². The van der Waals surface area contributed by atoms with E-state index in [1.165, 1.54) is 10.5 Å². The topological polar surface area (TPSA) is 79.6 Å². The van der Waals surface area contributed by atoms with Crippen LogP contribution in [0, 0.1) is 0 Å². The molecule has 1 fully saturated rings. The van der Waals surface area contributed by atoms with Crippen LogP contribution >= 0.6 is 0 Å². The number of hydrogen-bond donors (Lipinski definition) is 1. The lowest BCUT2D eigenvalue weighted by Crippen LogP contribution is -2.32. The average Bonchev–Trinajstić information content (AvgIpc) is 3.10. The molecule has 0 radical (unpaired) electrons. The van der Waals surface area contributed by atoms with Crippen LogP contribution in [0.15, 0.2) is 59.7 Å². The van der Waals surface area contributed by atoms with Crippen LogP contribution < -0.4 is 10.9 Å². The molecule has 0 aromatic carbocycles. The molecule has 0 saturated carbocycles. The summed E-state index contributed by atoms with van der Waals surface area (Å²) in [6, 6.07) is 12.3. The Hall–Kier alpha value is -3.22. The SMILES string of the molecule is O=C(c1ccccn1)N1CCC(Nc2cc(=O)n3ccccc3n2)C1. The summed E-state index contributed by atoms with van der Waals surface area (Å²) in [6.07, 6.45) is 4.11. The molecule has 0 spiro atoms. The Morgan fingerprint density at radius 3 is 2.92 bits per heavy atom. The number of nitrogens with one attached hydrogen (secondary N) is 1. The normalized spacial score (nSPS) is 17.0. The second kappa shape index (κ2) is 6.35. The number of amides is 1. The first-order valence-electron chi connectivity index (χ1n) is 8.16. The Morgan fingerprint density at radius 1 is 1.20 bits per heavy atom. The van der Waals surface area contributed by atoms with E-state index in [-0.39, 0.29) is 17.5 Å². The summed E-state index contributed by atoms with van der Waals surface area (Å²) in [4.78, 5) is 34.9. The molecule has 1 unspecified atom stereocenters. The van der Waals surface area contributed by atoms with Crippen LogP contribution in [0.5, 0.6) is 0 Å². The number of carbonyl (C=O) groups is 1. The van der Waals surface area contributed by atoms with Gasteiger partial charge >= 0.3 is 0 Å². The lowest BCUT2D eigenvalue weighted by molar-refractivity contribution is 0.0786. The Balaban J connectivity index is 1.48. The van der Waals surface area contributed by atoms with E-state index in [4.69, 9.17) is 0 Å². The highest BCUT2D eigenvalue weighted by Crippen LogP contribution is 2.16. The van der Waals surface area contributed by atoms with E-state index in [0.29, 0.717) is 30.2 Å². The average molecular weight is 335 g/mol. The Labute approximate surface area is 144 Å². The van der Waals surface area contributed by atoms with Gasteiger partial charge in [0.2, 0.25) is 0 Å². The number of likely N-dealkylation sites (tertiary alicyclic amines) is 1. The second-order valence-corrected chi connectivity index (χ2v) is 6.00. The fourth-order valence-corrected chi connectivity index (χ4v) is 3.05. The zero-order chi connectivity index (χ0) is 17.2. The van der Waals surface area contributed by atoms with Crippen molar-refractivity contribution in [2.75, 3.05) is 18.4 Å². The predicted octanol–water partition coefficient (Wildman–Crippen LogP) is 1.42. The molecule has 1 atom stereocenters. The lowest BCUT2D eigenvalue weighted by atomic mass is 10.2. The summed E-state index contributed by atoms with van der Waals surface area (Å²) in [7, 11) is 0. The van der Waals surface area contributed by atoms with Crippen LogP contribution in [0.4, 0.5) is 5.82 Å². The number of carbonyl (C=O) groups excluding carboxylic acids is 1. The lowest BCUT2D eigenvalue weighted by Gasteiger charge is -2.17. The fourth-order valence-electron chi connectivity index (χ4n) is 3.05. The first-order valence-corrected chi connectivity index (χ1v) is 8.16. The third-order valence-corrected chi connectivity index (χ3v) is 4.28. The van der Waals surface area contributed by atoms with Crippen molar-refractivity contribution >= 4 is 17.4 Å². The van der Waals surface area contributed by atoms with Crippen molar-refractivity contribution in [3.05, 3.63) is 70.9 Å². The Bertz CT molecular complexity index is 970. The minimum absolute atomic E-state index is 0.0609. The quantitative estimate of drug-likeness (QED) is 0.783. The molecule has 4 heterocycles. The van der Waals surface area contributed by atoms with Crippen molar-refractivity contribution in [2.24, 2.45) is 0 Å². The fraction of sp³-hybridized carbons (Fsp3) is 0.222. The summed E-state index contributed by atoms with van der Waals surface area (Å²) >= 11 is 0. The van der Waals surface area contributed by atoms with Gasteiger partial charge in [-0.15, -0.1) is 0 Å². The molecule has 25 heavy (non-hydrogen) atoms. The number of aromatic nitrogens is 3. The number of anilines is 1. The van der Waals surface area contributed by atoms with Gasteiger partial charge in [0.05, 0.1) is 0 Å². The van der Waals surface area contributed by atoms with Gasteiger partial charge in [0.15, 0.2) is 0 Å². The van der Waals surface area contributed by atoms with Gasteiger partial charge in [0, 0.05) is 37.6 Å². The number of pyridine rings is 2. The van der Waals surface area contributed by atoms with Gasteiger partial charge in [-0.25, -0.2) is 4.98 Å². The molecule has 3 aromatic rings. The largest absolute Gasteiger partial charge is 0.365 e. The second-order valence-electron chi connectivity index (χ2n) is 6.00. The van der Waals surface area contributed by atoms with Crippen LogP contribution in [0.25, 0.3) is 5.65 Å². The smallest absolute Gasteiger partial charge is 0.272 e. The molecule has 1 aliphatic heterocycles. The van der Waals surface area contributed by atoms with Gasteiger partial charge in [-0.2, -0.15) is 0 Å². The maximum absolute atomic E-state index is 12.4. The zero-order valence-electron chi connectivity index (χ0n) is 13.5. The molecule has 7 heteroatoms. The van der Waals surface area contributed by atoms with Crippen LogP contribution in [0.1, 0.15) is 16.9 Å². The minimum Gasteiger partial charge on any atom is -0.365 e. The summed E-state index contributed by atoms with van der Waals surface area (Å²) in [6.45, 7) is 1.21. The van der Waals surface area contributed by atoms with Crippen molar-refractivity contribution in [3.63, 3.8) is 0 Å². The highest BCUT2D eigenvalue weighted by molar-refractivity contribution is 5.92. The molecule has 7 nitrogen and oxygen atoms in total. The number of fused-ring (bicyclic) bond motifs is 1. The summed E-state index contributed by atoms with van der Waals surface area (Å²) in [5.41, 5.74) is 0.912. The van der Waals surface area contributed by atoms with Gasteiger partial charge in [0.1, 0.15) is 17.2 Å². The first-order chi connectivity index (χ1) is 12.2. The first kappa shape index (κ1) is 15.3. The highest BCUT2D eigenvalue weighted by atomic mass is 16.2. The maximum Gasteiger partial charge on any atom is 0.272 e. The summed E-state index contributed by atoms with van der Waals surface area (Å²) in [5, 5.41) is 3.27. The standard InChI is InChI=1S/C18H17N5O2/c24-17-11-15(21-16-6-2-4-9-23(16)17)20-13-7-10-22(12-13)18(25)14-5-1-3-8-19-14/h1-6,8-9,11,13,20H,7,10,12H2. The summed E-state index contributed by atoms with van der Waals surface area (Å²) in [5.74, 6) is 0.463. The van der Waals surface area contributed by atoms with E-state index in [9.17, 15) is 9.59 Å². The third-order valence-electron chi connectivity index (χ3n) is 4.28. The number of hydrogen-bond acceptors (Lipinski definition) is 5. The predicted molar refractivity (Wildman–Crippen MR) is 93.6 cm³/mol.